The molecule has 16 heteroatoms. The number of likely N-dealkylation sites (tertiary alicyclic amines) is 1. The van der Waals surface area contributed by atoms with Gasteiger partial charge < -0.3 is 10.6 Å². The number of pyridine rings is 1. The number of rotatable bonds is 5. The summed E-state index contributed by atoms with van der Waals surface area (Å²) >= 11 is 0. The molecule has 0 unspecified atom stereocenters. The molecule has 1 aliphatic rings. The van der Waals surface area contributed by atoms with E-state index in [-0.39, 0.29) is 33.4 Å². The molecule has 1 saturated heterocycles. The Morgan fingerprint density at radius 3 is 1.98 bits per heavy atom. The number of hydrogen-bond donors (Lipinski definition) is 1. The first-order valence-electron chi connectivity index (χ1n) is 13.7. The lowest BCUT2D eigenvalue weighted by Crippen LogP contribution is -2.57. The highest BCUT2D eigenvalue weighted by Gasteiger charge is 2.44. The lowest BCUT2D eigenvalue weighted by molar-refractivity contribution is -0.386. The predicted octanol–water partition coefficient (Wildman–Crippen LogP) is 6.47. The molecule has 0 aliphatic carbocycles. The summed E-state index contributed by atoms with van der Waals surface area (Å²) < 4.78 is 105. The molecule has 0 bridgehead atoms. The maximum absolute atomic E-state index is 14.3. The molecule has 1 aliphatic heterocycles. The predicted molar refractivity (Wildman–Crippen MR) is 152 cm³/mol. The van der Waals surface area contributed by atoms with Gasteiger partial charge in [0.25, 0.3) is 0 Å². The van der Waals surface area contributed by atoms with Gasteiger partial charge >= 0.3 is 23.6 Å². The number of aromatic nitrogens is 1. The van der Waals surface area contributed by atoms with Crippen LogP contribution in [0.3, 0.4) is 0 Å². The van der Waals surface area contributed by atoms with Crippen molar-refractivity contribution in [2.75, 3.05) is 6.54 Å². The molecule has 1 fully saturated rings. The minimum absolute atomic E-state index is 0.105. The zero-order valence-corrected chi connectivity index (χ0v) is 25.0. The largest absolute Gasteiger partial charge is 0.406 e. The molecule has 250 valence electrons. The van der Waals surface area contributed by atoms with E-state index in [1.807, 2.05) is 0 Å². The van der Waals surface area contributed by atoms with Crippen LogP contribution in [-0.2, 0) is 11.3 Å². The smallest absolute Gasteiger partial charge is 0.329 e. The van der Waals surface area contributed by atoms with Gasteiger partial charge in [-0.25, -0.2) is 8.78 Å². The second kappa shape index (κ2) is 13.6. The summed E-state index contributed by atoms with van der Waals surface area (Å²) in [6, 6.07) is 7.97. The minimum atomic E-state index is -4.76. The lowest BCUT2D eigenvalue weighted by Gasteiger charge is -2.42. The Balaban J connectivity index is 0.000000251. The molecule has 2 heterocycles. The molecular weight excluding hydrogens is 632 g/mol. The van der Waals surface area contributed by atoms with Crippen LogP contribution in [0.1, 0.15) is 41.6 Å². The molecule has 8 nitrogen and oxygen atoms in total. The molecule has 1 amide bonds. The SMILES string of the molecule is Cc1cccc(-c2cc([N+](=O)[O-])c(=O)n(CC(F)(F)F)c2C)c1F.Cc1cccc([C@@H]2C[C@H](N)C(=O)N(CC(F)(F)F)[C@@H]2C)c1F. The lowest BCUT2D eigenvalue weighted by atomic mass is 9.81. The minimum Gasteiger partial charge on any atom is -0.329 e. The Morgan fingerprint density at radius 1 is 0.891 bits per heavy atom. The number of nitro groups is 1. The maximum atomic E-state index is 14.3. The van der Waals surface area contributed by atoms with E-state index in [0.717, 1.165) is 6.07 Å². The number of nitrogens with two attached hydrogens (primary N) is 1. The molecule has 3 aromatic rings. The Morgan fingerprint density at radius 2 is 1.43 bits per heavy atom. The van der Waals surface area contributed by atoms with Gasteiger partial charge in [-0.1, -0.05) is 36.4 Å². The average Bonchev–Trinajstić information content (AvgIpc) is 2.94. The second-order valence-corrected chi connectivity index (χ2v) is 11.0. The van der Waals surface area contributed by atoms with Crippen molar-refractivity contribution in [1.82, 2.24) is 9.47 Å². The van der Waals surface area contributed by atoms with Gasteiger partial charge in [0, 0.05) is 34.8 Å². The van der Waals surface area contributed by atoms with Gasteiger partial charge in [0.2, 0.25) is 5.91 Å². The summed E-state index contributed by atoms with van der Waals surface area (Å²) in [5, 5.41) is 11.0. The zero-order chi connectivity index (χ0) is 34.9. The molecule has 1 aromatic heterocycles. The molecule has 3 atom stereocenters. The van der Waals surface area contributed by atoms with E-state index in [2.05, 4.69) is 0 Å². The van der Waals surface area contributed by atoms with Crippen molar-refractivity contribution in [3.63, 3.8) is 0 Å². The highest BCUT2D eigenvalue weighted by Crippen LogP contribution is 2.36. The van der Waals surface area contributed by atoms with Crippen LogP contribution in [0.25, 0.3) is 11.1 Å². The van der Waals surface area contributed by atoms with Crippen LogP contribution in [0.4, 0.5) is 40.8 Å². The maximum Gasteiger partial charge on any atom is 0.406 e. The number of hydrogen-bond acceptors (Lipinski definition) is 5. The summed E-state index contributed by atoms with van der Waals surface area (Å²) in [6.45, 7) is 2.67. The van der Waals surface area contributed by atoms with Crippen LogP contribution < -0.4 is 11.3 Å². The van der Waals surface area contributed by atoms with Crippen molar-refractivity contribution >= 4 is 11.6 Å². The van der Waals surface area contributed by atoms with Crippen LogP contribution in [0.2, 0.25) is 0 Å². The van der Waals surface area contributed by atoms with E-state index in [1.165, 1.54) is 45.0 Å². The van der Waals surface area contributed by atoms with Crippen LogP contribution in [0.5, 0.6) is 0 Å². The zero-order valence-electron chi connectivity index (χ0n) is 25.0. The fourth-order valence-corrected chi connectivity index (χ4v) is 5.33. The van der Waals surface area contributed by atoms with Gasteiger partial charge in [-0.2, -0.15) is 26.3 Å². The third kappa shape index (κ3) is 8.08. The number of nitrogens with zero attached hydrogens (tertiary/aromatic N) is 3. The monoisotopic (exact) mass is 662 g/mol. The first-order chi connectivity index (χ1) is 21.1. The van der Waals surface area contributed by atoms with Gasteiger partial charge in [-0.3, -0.25) is 24.3 Å². The molecular formula is C30H30F8N4O4. The van der Waals surface area contributed by atoms with Gasteiger partial charge in [0.15, 0.2) is 0 Å². The van der Waals surface area contributed by atoms with Crippen LogP contribution >= 0.6 is 0 Å². The standard InChI is InChI=1S/C15H12F4N2O3.C15H18F4N2O/c1-8-4-3-5-10(13(8)16)11-6-12(21(23)24)14(22)20(9(11)2)7-15(17,18)19;1-8-4-3-5-10(13(8)16)11-6-12(20)14(22)21(9(11)2)7-15(17,18)19/h3-6H,7H2,1-2H3;3-5,9,11-12H,6-7,20H2,1-2H3/t;9-,11-,12+/m.1/s1. The number of halogens is 8. The van der Waals surface area contributed by atoms with Crippen molar-refractivity contribution in [2.45, 2.75) is 71.0 Å². The Kier molecular flexibility index (Phi) is 10.7. The van der Waals surface area contributed by atoms with E-state index in [0.29, 0.717) is 16.0 Å². The molecule has 4 rings (SSSR count). The quantitative estimate of drug-likeness (QED) is 0.191. The fourth-order valence-electron chi connectivity index (χ4n) is 5.33. The molecule has 46 heavy (non-hydrogen) atoms. The molecule has 2 N–H and O–H groups in total. The Labute approximate surface area is 257 Å². The van der Waals surface area contributed by atoms with Crippen molar-refractivity contribution in [2.24, 2.45) is 5.73 Å². The Hall–Kier alpha value is -4.34. The third-order valence-electron chi connectivity index (χ3n) is 7.71. The molecule has 0 saturated carbocycles. The summed E-state index contributed by atoms with van der Waals surface area (Å²) in [7, 11) is 0. The average molecular weight is 663 g/mol. The topological polar surface area (TPSA) is 111 Å². The normalized spacial score (nSPS) is 18.7. The first kappa shape index (κ1) is 36.1. The number of aryl methyl sites for hydroxylation is 2. The highest BCUT2D eigenvalue weighted by atomic mass is 19.4. The van der Waals surface area contributed by atoms with E-state index < -0.39 is 77.2 Å². The second-order valence-electron chi connectivity index (χ2n) is 11.0. The van der Waals surface area contributed by atoms with E-state index in [1.54, 1.807) is 19.1 Å². The summed E-state index contributed by atoms with van der Waals surface area (Å²) in [6.07, 6.45) is -9.14. The molecule has 2 aromatic carbocycles. The fraction of sp³-hybridized carbons (Fsp3) is 0.400. The number of piperidine rings is 1. The van der Waals surface area contributed by atoms with Crippen LogP contribution in [0, 0.1) is 42.5 Å². The van der Waals surface area contributed by atoms with Gasteiger partial charge in [0.05, 0.1) is 11.0 Å². The van der Waals surface area contributed by atoms with Crippen molar-refractivity contribution in [1.29, 1.82) is 0 Å². The number of carbonyl (C=O) groups is 1. The van der Waals surface area contributed by atoms with Gasteiger partial charge in [0.1, 0.15) is 24.7 Å². The summed E-state index contributed by atoms with van der Waals surface area (Å²) in [5.74, 6) is -2.47. The summed E-state index contributed by atoms with van der Waals surface area (Å²) in [4.78, 5) is 34.6. The number of carbonyl (C=O) groups excluding carboxylic acids is 1. The first-order valence-corrected chi connectivity index (χ1v) is 13.7. The number of benzene rings is 2. The van der Waals surface area contributed by atoms with Gasteiger partial charge in [-0.05, 0) is 50.8 Å². The summed E-state index contributed by atoms with van der Waals surface area (Å²) in [5.41, 5.74) is 3.77. The van der Waals surface area contributed by atoms with Crippen molar-refractivity contribution in [3.05, 3.63) is 97.0 Å². The van der Waals surface area contributed by atoms with Crippen molar-refractivity contribution < 1.29 is 44.8 Å². The van der Waals surface area contributed by atoms with Gasteiger partial charge in [-0.15, -0.1) is 0 Å². The highest BCUT2D eigenvalue weighted by molar-refractivity contribution is 5.83. The Bertz CT molecular complexity index is 1690. The van der Waals surface area contributed by atoms with E-state index in [9.17, 15) is 54.8 Å². The van der Waals surface area contributed by atoms with Crippen molar-refractivity contribution in [3.8, 4) is 11.1 Å². The van der Waals surface area contributed by atoms with E-state index >= 15 is 0 Å². The molecule has 0 spiro atoms. The number of amides is 1. The third-order valence-corrected chi connectivity index (χ3v) is 7.71. The van der Waals surface area contributed by atoms with Crippen LogP contribution in [-0.4, -0.2) is 51.3 Å². The molecule has 0 radical (unpaired) electrons. The van der Waals surface area contributed by atoms with Crippen LogP contribution in [0.15, 0.2) is 47.3 Å². The number of alkyl halides is 6. The van der Waals surface area contributed by atoms with E-state index in [4.69, 9.17) is 5.73 Å².